The zero-order valence-corrected chi connectivity index (χ0v) is 15.7. The number of nitrogens with one attached hydrogen (secondary N) is 2. The van der Waals surface area contributed by atoms with Gasteiger partial charge in [0.15, 0.2) is 0 Å². The molecule has 5 nitrogen and oxygen atoms in total. The van der Waals surface area contributed by atoms with Crippen LogP contribution >= 0.6 is 0 Å². The smallest absolute Gasteiger partial charge is 0.123 e. The van der Waals surface area contributed by atoms with Gasteiger partial charge in [-0.1, -0.05) is 6.92 Å². The SMILES string of the molecule is CCCNC1CC(/C2=C(\c3ccc(F)cc3)N=CCC[C@@H](CO)N2)=CC=N1. The third-order valence-corrected chi connectivity index (χ3v) is 4.69. The molecule has 0 bridgehead atoms. The van der Waals surface area contributed by atoms with Crippen LogP contribution in [0.15, 0.2) is 51.6 Å². The summed E-state index contributed by atoms with van der Waals surface area (Å²) in [5.74, 6) is -0.273. The molecule has 3 N–H and O–H groups in total. The van der Waals surface area contributed by atoms with Crippen molar-refractivity contribution in [2.75, 3.05) is 13.2 Å². The molecule has 0 amide bonds. The van der Waals surface area contributed by atoms with E-state index < -0.39 is 0 Å². The van der Waals surface area contributed by atoms with Crippen LogP contribution in [-0.4, -0.2) is 42.9 Å². The number of dihydropyridines is 1. The van der Waals surface area contributed by atoms with Gasteiger partial charge in [0.2, 0.25) is 0 Å². The molecule has 0 spiro atoms. The molecule has 3 rings (SSSR count). The first-order valence-corrected chi connectivity index (χ1v) is 9.57. The van der Waals surface area contributed by atoms with E-state index in [2.05, 4.69) is 27.5 Å². The molecule has 2 heterocycles. The summed E-state index contributed by atoms with van der Waals surface area (Å²) in [5.41, 5.74) is 3.57. The highest BCUT2D eigenvalue weighted by molar-refractivity contribution is 5.82. The van der Waals surface area contributed by atoms with Gasteiger partial charge in [-0.15, -0.1) is 0 Å². The van der Waals surface area contributed by atoms with Gasteiger partial charge in [-0.05, 0) is 61.7 Å². The summed E-state index contributed by atoms with van der Waals surface area (Å²) in [6.45, 7) is 3.08. The number of hydrogen-bond donors (Lipinski definition) is 3. The van der Waals surface area contributed by atoms with Crippen molar-refractivity contribution in [2.24, 2.45) is 9.98 Å². The lowest BCUT2D eigenvalue weighted by atomic mass is 9.98. The second-order valence-corrected chi connectivity index (χ2v) is 6.81. The van der Waals surface area contributed by atoms with Crippen molar-refractivity contribution < 1.29 is 9.50 Å². The summed E-state index contributed by atoms with van der Waals surface area (Å²) in [6.07, 6.45) is 9.07. The Balaban J connectivity index is 1.99. The van der Waals surface area contributed by atoms with E-state index in [9.17, 15) is 9.50 Å². The summed E-state index contributed by atoms with van der Waals surface area (Å²) in [4.78, 5) is 9.18. The van der Waals surface area contributed by atoms with Gasteiger partial charge in [0, 0.05) is 30.5 Å². The van der Waals surface area contributed by atoms with Crippen LogP contribution in [0.1, 0.15) is 38.2 Å². The van der Waals surface area contributed by atoms with Gasteiger partial charge < -0.3 is 10.4 Å². The third kappa shape index (κ3) is 5.11. The van der Waals surface area contributed by atoms with Gasteiger partial charge in [0.1, 0.15) is 12.0 Å². The summed E-state index contributed by atoms with van der Waals surface area (Å²) >= 11 is 0. The third-order valence-electron chi connectivity index (χ3n) is 4.69. The lowest BCUT2D eigenvalue weighted by molar-refractivity contribution is 0.245. The first kappa shape index (κ1) is 19.5. The maximum atomic E-state index is 13.4. The molecule has 27 heavy (non-hydrogen) atoms. The van der Waals surface area contributed by atoms with Crippen molar-refractivity contribution in [2.45, 2.75) is 44.8 Å². The lowest BCUT2D eigenvalue weighted by Crippen LogP contribution is -2.36. The molecule has 1 aromatic rings. The number of allylic oxidation sites excluding steroid dienone is 2. The van der Waals surface area contributed by atoms with Crippen LogP contribution in [-0.2, 0) is 0 Å². The minimum Gasteiger partial charge on any atom is -0.394 e. The Kier molecular flexibility index (Phi) is 6.90. The van der Waals surface area contributed by atoms with Crippen LogP contribution in [0.4, 0.5) is 4.39 Å². The zero-order valence-electron chi connectivity index (χ0n) is 15.7. The first-order chi connectivity index (χ1) is 13.2. The van der Waals surface area contributed by atoms with Crippen molar-refractivity contribution >= 4 is 18.1 Å². The molecular formula is C21H27FN4O. The highest BCUT2D eigenvalue weighted by atomic mass is 19.1. The Morgan fingerprint density at radius 3 is 2.85 bits per heavy atom. The molecule has 2 aliphatic heterocycles. The Labute approximate surface area is 159 Å². The Morgan fingerprint density at radius 1 is 1.30 bits per heavy atom. The van der Waals surface area contributed by atoms with Crippen molar-refractivity contribution in [3.8, 4) is 0 Å². The molecule has 0 aliphatic carbocycles. The quantitative estimate of drug-likeness (QED) is 0.721. The van der Waals surface area contributed by atoms with Crippen LogP contribution in [0.5, 0.6) is 0 Å². The predicted octanol–water partition coefficient (Wildman–Crippen LogP) is 3.04. The number of aliphatic hydroxyl groups is 1. The van der Waals surface area contributed by atoms with E-state index >= 15 is 0 Å². The van der Waals surface area contributed by atoms with Gasteiger partial charge in [-0.25, -0.2) is 4.39 Å². The summed E-state index contributed by atoms with van der Waals surface area (Å²) < 4.78 is 13.4. The fraction of sp³-hybridized carbons (Fsp3) is 0.429. The van der Waals surface area contributed by atoms with Crippen LogP contribution in [0.25, 0.3) is 5.70 Å². The lowest BCUT2D eigenvalue weighted by Gasteiger charge is -2.27. The summed E-state index contributed by atoms with van der Waals surface area (Å²) in [5, 5.41) is 16.7. The highest BCUT2D eigenvalue weighted by Gasteiger charge is 2.22. The molecule has 1 aromatic carbocycles. The fourth-order valence-corrected chi connectivity index (χ4v) is 3.24. The van der Waals surface area contributed by atoms with E-state index in [1.54, 1.807) is 12.1 Å². The molecule has 0 saturated heterocycles. The fourth-order valence-electron chi connectivity index (χ4n) is 3.24. The van der Waals surface area contributed by atoms with Crippen LogP contribution < -0.4 is 10.6 Å². The number of rotatable bonds is 6. The van der Waals surface area contributed by atoms with Gasteiger partial charge in [-0.3, -0.25) is 15.3 Å². The number of nitrogens with zero attached hydrogens (tertiary/aromatic N) is 2. The Morgan fingerprint density at radius 2 is 2.11 bits per heavy atom. The molecule has 2 aliphatic rings. The van der Waals surface area contributed by atoms with Crippen LogP contribution in [0.2, 0.25) is 0 Å². The Hall–Kier alpha value is -2.31. The van der Waals surface area contributed by atoms with Crippen LogP contribution in [0.3, 0.4) is 0 Å². The van der Waals surface area contributed by atoms with E-state index in [4.69, 9.17) is 0 Å². The second-order valence-electron chi connectivity index (χ2n) is 6.81. The van der Waals surface area contributed by atoms with Gasteiger partial charge in [0.05, 0.1) is 18.0 Å². The number of hydrogen-bond acceptors (Lipinski definition) is 5. The topological polar surface area (TPSA) is 69.0 Å². The maximum Gasteiger partial charge on any atom is 0.123 e. The monoisotopic (exact) mass is 370 g/mol. The van der Waals surface area contributed by atoms with Gasteiger partial charge in [-0.2, -0.15) is 0 Å². The average Bonchev–Trinajstić information content (AvgIpc) is 2.68. The molecule has 0 fully saturated rings. The van der Waals surface area contributed by atoms with Crippen molar-refractivity contribution in [3.05, 3.63) is 53.0 Å². The number of halogens is 1. The van der Waals surface area contributed by atoms with Crippen molar-refractivity contribution in [1.29, 1.82) is 0 Å². The summed E-state index contributed by atoms with van der Waals surface area (Å²) in [6, 6.07) is 6.32. The highest BCUT2D eigenvalue weighted by Crippen LogP contribution is 2.29. The van der Waals surface area contributed by atoms with E-state index in [1.807, 2.05) is 18.5 Å². The van der Waals surface area contributed by atoms with E-state index in [-0.39, 0.29) is 24.6 Å². The predicted molar refractivity (Wildman–Crippen MR) is 108 cm³/mol. The molecule has 0 radical (unpaired) electrons. The zero-order chi connectivity index (χ0) is 19.1. The Bertz CT molecular complexity index is 752. The normalized spacial score (nSPS) is 25.5. The summed E-state index contributed by atoms with van der Waals surface area (Å²) in [7, 11) is 0. The molecular weight excluding hydrogens is 343 g/mol. The molecule has 0 saturated carbocycles. The average molecular weight is 370 g/mol. The molecule has 2 atom stereocenters. The van der Waals surface area contributed by atoms with E-state index in [0.29, 0.717) is 0 Å². The minimum atomic E-state index is -0.273. The maximum absolute atomic E-state index is 13.4. The number of aliphatic hydroxyl groups excluding tert-OH is 1. The largest absolute Gasteiger partial charge is 0.394 e. The standard InChI is InChI=1S/C21H27FN4O/c1-2-10-23-19-13-16(9-12-24-19)21-20(15-5-7-17(22)8-6-15)25-11-3-4-18(14-27)26-21/h5-9,11-12,18-19,23,26-27H,2-4,10,13-14H2,1H3/b21-20-,25-11?/t18-,19?/m0/s1. The minimum absolute atomic E-state index is 0.0238. The molecule has 0 aromatic heterocycles. The van der Waals surface area contributed by atoms with Gasteiger partial charge in [0.25, 0.3) is 0 Å². The molecule has 144 valence electrons. The van der Waals surface area contributed by atoms with Crippen molar-refractivity contribution in [3.63, 3.8) is 0 Å². The molecule has 6 heteroatoms. The number of aliphatic imine (C=N–C) groups is 2. The van der Waals surface area contributed by atoms with Crippen molar-refractivity contribution in [1.82, 2.24) is 10.6 Å². The second kappa shape index (κ2) is 9.58. The van der Waals surface area contributed by atoms with Gasteiger partial charge >= 0.3 is 0 Å². The number of benzene rings is 1. The van der Waals surface area contributed by atoms with E-state index in [1.165, 1.54) is 12.1 Å². The van der Waals surface area contributed by atoms with E-state index in [0.717, 1.165) is 54.8 Å². The van der Waals surface area contributed by atoms with Crippen LogP contribution in [0, 0.1) is 5.82 Å². The first-order valence-electron chi connectivity index (χ1n) is 9.57. The molecule has 1 unspecified atom stereocenters.